The van der Waals surface area contributed by atoms with Gasteiger partial charge in [-0.05, 0) is 31.0 Å². The lowest BCUT2D eigenvalue weighted by molar-refractivity contribution is 0.305. The molecule has 0 radical (unpaired) electrons. The van der Waals surface area contributed by atoms with Gasteiger partial charge >= 0.3 is 0 Å². The van der Waals surface area contributed by atoms with E-state index in [-0.39, 0.29) is 0 Å². The van der Waals surface area contributed by atoms with E-state index >= 15 is 0 Å². The van der Waals surface area contributed by atoms with Gasteiger partial charge in [-0.15, -0.1) is 0 Å². The van der Waals surface area contributed by atoms with Crippen molar-refractivity contribution in [3.8, 4) is 5.75 Å². The Morgan fingerprint density at radius 2 is 2.11 bits per heavy atom. The molecule has 0 bridgehead atoms. The quantitative estimate of drug-likeness (QED) is 0.834. The van der Waals surface area contributed by atoms with Crippen LogP contribution in [-0.2, 0) is 0 Å². The predicted molar refractivity (Wildman–Crippen MR) is 77.5 cm³/mol. The van der Waals surface area contributed by atoms with Gasteiger partial charge in [0.2, 0.25) is 0 Å². The van der Waals surface area contributed by atoms with Gasteiger partial charge in [0, 0.05) is 30.2 Å². The Morgan fingerprint density at radius 1 is 1.21 bits per heavy atom. The van der Waals surface area contributed by atoms with Gasteiger partial charge in [-0.3, -0.25) is 4.98 Å². The van der Waals surface area contributed by atoms with Crippen molar-refractivity contribution in [2.75, 3.05) is 13.2 Å². The molecule has 0 unspecified atom stereocenters. The smallest absolute Gasteiger partial charge is 0.121 e. The molecule has 1 aromatic carbocycles. The van der Waals surface area contributed by atoms with Crippen LogP contribution in [0.4, 0.5) is 0 Å². The van der Waals surface area contributed by atoms with E-state index in [1.165, 1.54) is 25.7 Å². The summed E-state index contributed by atoms with van der Waals surface area (Å²) in [5, 5.41) is 4.70. The number of hydrogen-bond acceptors (Lipinski definition) is 3. The second-order valence-corrected chi connectivity index (χ2v) is 5.14. The summed E-state index contributed by atoms with van der Waals surface area (Å²) in [5.41, 5.74) is 0.990. The summed E-state index contributed by atoms with van der Waals surface area (Å²) in [6, 6.07) is 10.8. The maximum atomic E-state index is 5.77. The van der Waals surface area contributed by atoms with Crippen LogP contribution in [0.25, 0.3) is 10.9 Å². The molecule has 1 aliphatic rings. The molecule has 1 aliphatic carbocycles. The lowest BCUT2D eigenvalue weighted by Crippen LogP contribution is -2.30. The summed E-state index contributed by atoms with van der Waals surface area (Å²) < 4.78 is 5.77. The van der Waals surface area contributed by atoms with Crippen LogP contribution in [-0.4, -0.2) is 24.2 Å². The van der Waals surface area contributed by atoms with E-state index < -0.39 is 0 Å². The van der Waals surface area contributed by atoms with Gasteiger partial charge in [0.05, 0.1) is 5.52 Å². The molecule has 100 valence electrons. The summed E-state index contributed by atoms with van der Waals surface area (Å²) >= 11 is 0. The molecule has 1 N–H and O–H groups in total. The van der Waals surface area contributed by atoms with E-state index in [0.29, 0.717) is 6.04 Å². The minimum Gasteiger partial charge on any atom is -0.492 e. The van der Waals surface area contributed by atoms with Gasteiger partial charge in [0.25, 0.3) is 0 Å². The molecular formula is C16H20N2O. The third-order valence-corrected chi connectivity index (χ3v) is 3.74. The van der Waals surface area contributed by atoms with Gasteiger partial charge in [0.1, 0.15) is 12.4 Å². The van der Waals surface area contributed by atoms with Crippen molar-refractivity contribution in [2.45, 2.75) is 31.7 Å². The first kappa shape index (κ1) is 12.4. The maximum absolute atomic E-state index is 5.77. The molecule has 0 atom stereocenters. The lowest BCUT2D eigenvalue weighted by Gasteiger charge is -2.12. The molecule has 1 heterocycles. The molecule has 2 aromatic rings. The molecule has 1 saturated carbocycles. The number of fused-ring (bicyclic) bond motifs is 1. The molecule has 3 nitrogen and oxygen atoms in total. The number of hydrogen-bond donors (Lipinski definition) is 1. The first-order valence-electron chi connectivity index (χ1n) is 7.13. The molecule has 3 rings (SSSR count). The first-order valence-corrected chi connectivity index (χ1v) is 7.13. The molecule has 0 aliphatic heterocycles. The molecule has 1 aromatic heterocycles. The van der Waals surface area contributed by atoms with E-state index in [4.69, 9.17) is 4.74 Å². The predicted octanol–water partition coefficient (Wildman–Crippen LogP) is 3.15. The second kappa shape index (κ2) is 6.02. The van der Waals surface area contributed by atoms with E-state index in [0.717, 1.165) is 29.8 Å². The van der Waals surface area contributed by atoms with Crippen LogP contribution in [0.5, 0.6) is 5.75 Å². The van der Waals surface area contributed by atoms with E-state index in [1.807, 2.05) is 24.4 Å². The number of ether oxygens (including phenoxy) is 1. The number of nitrogens with zero attached hydrogens (tertiary/aromatic N) is 1. The molecule has 3 heteroatoms. The van der Waals surface area contributed by atoms with Crippen LogP contribution < -0.4 is 10.1 Å². The Hall–Kier alpha value is -1.61. The molecule has 19 heavy (non-hydrogen) atoms. The Labute approximate surface area is 114 Å². The van der Waals surface area contributed by atoms with Crippen molar-refractivity contribution >= 4 is 10.9 Å². The molecular weight excluding hydrogens is 236 g/mol. The largest absolute Gasteiger partial charge is 0.492 e. The zero-order chi connectivity index (χ0) is 12.9. The highest BCUT2D eigenvalue weighted by molar-refractivity contribution is 5.79. The van der Waals surface area contributed by atoms with Crippen molar-refractivity contribution in [3.05, 3.63) is 36.5 Å². The molecule has 1 fully saturated rings. The van der Waals surface area contributed by atoms with Crippen molar-refractivity contribution in [3.63, 3.8) is 0 Å². The third kappa shape index (κ3) is 3.24. The van der Waals surface area contributed by atoms with Crippen LogP contribution in [0.2, 0.25) is 0 Å². The highest BCUT2D eigenvalue weighted by Crippen LogP contribution is 2.19. The van der Waals surface area contributed by atoms with Crippen LogP contribution >= 0.6 is 0 Å². The van der Waals surface area contributed by atoms with Crippen LogP contribution in [0.3, 0.4) is 0 Å². The van der Waals surface area contributed by atoms with Crippen LogP contribution in [0, 0.1) is 0 Å². The third-order valence-electron chi connectivity index (χ3n) is 3.74. The zero-order valence-electron chi connectivity index (χ0n) is 11.1. The molecule has 0 spiro atoms. The number of rotatable bonds is 5. The second-order valence-electron chi connectivity index (χ2n) is 5.14. The Kier molecular flexibility index (Phi) is 3.94. The highest BCUT2D eigenvalue weighted by Gasteiger charge is 2.13. The fourth-order valence-corrected chi connectivity index (χ4v) is 2.70. The summed E-state index contributed by atoms with van der Waals surface area (Å²) in [6.45, 7) is 1.64. The SMILES string of the molecule is c1cnc2cc(OCCNC3CCCC3)ccc2c1. The number of aromatic nitrogens is 1. The molecule has 0 amide bonds. The monoisotopic (exact) mass is 256 g/mol. The maximum Gasteiger partial charge on any atom is 0.121 e. The van der Waals surface area contributed by atoms with Gasteiger partial charge in [-0.25, -0.2) is 0 Å². The molecule has 0 saturated heterocycles. The Balaban J connectivity index is 1.50. The average Bonchev–Trinajstić information content (AvgIpc) is 2.97. The number of benzene rings is 1. The van der Waals surface area contributed by atoms with Crippen LogP contribution in [0.15, 0.2) is 36.5 Å². The lowest BCUT2D eigenvalue weighted by atomic mass is 10.2. The number of pyridine rings is 1. The van der Waals surface area contributed by atoms with E-state index in [9.17, 15) is 0 Å². The van der Waals surface area contributed by atoms with Crippen molar-refractivity contribution in [1.82, 2.24) is 10.3 Å². The normalized spacial score (nSPS) is 16.0. The van der Waals surface area contributed by atoms with Crippen molar-refractivity contribution in [1.29, 1.82) is 0 Å². The fraction of sp³-hybridized carbons (Fsp3) is 0.438. The van der Waals surface area contributed by atoms with Gasteiger partial charge < -0.3 is 10.1 Å². The minimum atomic E-state index is 0.710. The average molecular weight is 256 g/mol. The highest BCUT2D eigenvalue weighted by atomic mass is 16.5. The standard InChI is InChI=1S/C16H20N2O/c1-2-6-14(5-1)17-10-11-19-15-8-7-13-4-3-9-18-16(13)12-15/h3-4,7-9,12,14,17H,1-2,5-6,10-11H2. The van der Waals surface area contributed by atoms with E-state index in [2.05, 4.69) is 22.4 Å². The summed E-state index contributed by atoms with van der Waals surface area (Å²) in [6.07, 6.45) is 7.19. The van der Waals surface area contributed by atoms with Crippen LogP contribution in [0.1, 0.15) is 25.7 Å². The Bertz CT molecular complexity index is 535. The summed E-state index contributed by atoms with van der Waals surface area (Å²) in [4.78, 5) is 4.34. The summed E-state index contributed by atoms with van der Waals surface area (Å²) in [5.74, 6) is 0.902. The number of nitrogens with one attached hydrogen (secondary N) is 1. The zero-order valence-corrected chi connectivity index (χ0v) is 11.1. The Morgan fingerprint density at radius 3 is 3.00 bits per heavy atom. The fourth-order valence-electron chi connectivity index (χ4n) is 2.70. The first-order chi connectivity index (χ1) is 9.42. The van der Waals surface area contributed by atoms with Gasteiger partial charge in [-0.2, -0.15) is 0 Å². The van der Waals surface area contributed by atoms with E-state index in [1.54, 1.807) is 0 Å². The van der Waals surface area contributed by atoms with Crippen molar-refractivity contribution in [2.24, 2.45) is 0 Å². The topological polar surface area (TPSA) is 34.1 Å². The van der Waals surface area contributed by atoms with Crippen molar-refractivity contribution < 1.29 is 4.74 Å². The van der Waals surface area contributed by atoms with Gasteiger partial charge in [0.15, 0.2) is 0 Å². The van der Waals surface area contributed by atoms with Gasteiger partial charge in [-0.1, -0.05) is 18.9 Å². The minimum absolute atomic E-state index is 0.710. The summed E-state index contributed by atoms with van der Waals surface area (Å²) in [7, 11) is 0.